The van der Waals surface area contributed by atoms with Crippen molar-refractivity contribution in [1.82, 2.24) is 15.2 Å². The van der Waals surface area contributed by atoms with Crippen molar-refractivity contribution in [2.45, 2.75) is 11.7 Å². The van der Waals surface area contributed by atoms with E-state index in [4.69, 9.17) is 9.47 Å². The largest absolute Gasteiger partial charge is 0.454 e. The van der Waals surface area contributed by atoms with Gasteiger partial charge in [-0.15, -0.1) is 5.10 Å². The summed E-state index contributed by atoms with van der Waals surface area (Å²) >= 11 is 1.21. The number of nitrogens with one attached hydrogen (secondary N) is 3. The van der Waals surface area contributed by atoms with Crippen LogP contribution in [0.5, 0.6) is 11.5 Å². The molecule has 5 rings (SSSR count). The van der Waals surface area contributed by atoms with E-state index < -0.39 is 0 Å². The van der Waals surface area contributed by atoms with Gasteiger partial charge in [-0.2, -0.15) is 10.1 Å². The summed E-state index contributed by atoms with van der Waals surface area (Å²) in [4.78, 5) is 20.9. The van der Waals surface area contributed by atoms with Crippen LogP contribution < -0.4 is 20.2 Å². The SMILES string of the molecule is O=C(CSc1n[nH]c(N/N=C/C2=NCc3ccccc32)n1)Nc1ccc2c(c1)OCO2. The molecule has 0 atom stereocenters. The van der Waals surface area contributed by atoms with Crippen molar-refractivity contribution in [2.24, 2.45) is 10.1 Å². The second-order valence-electron chi connectivity index (χ2n) is 6.60. The zero-order valence-corrected chi connectivity index (χ0v) is 17.0. The van der Waals surface area contributed by atoms with E-state index in [1.54, 1.807) is 24.4 Å². The van der Waals surface area contributed by atoms with Crippen molar-refractivity contribution in [3.05, 3.63) is 53.6 Å². The van der Waals surface area contributed by atoms with Gasteiger partial charge in [0, 0.05) is 17.3 Å². The predicted molar refractivity (Wildman–Crippen MR) is 117 cm³/mol. The first-order valence-electron chi connectivity index (χ1n) is 9.41. The Morgan fingerprint density at radius 1 is 1.23 bits per heavy atom. The second kappa shape index (κ2) is 8.48. The Hall–Kier alpha value is -3.86. The molecule has 3 heterocycles. The van der Waals surface area contributed by atoms with E-state index in [9.17, 15) is 4.79 Å². The predicted octanol–water partition coefficient (Wildman–Crippen LogP) is 2.66. The third kappa shape index (κ3) is 4.36. The van der Waals surface area contributed by atoms with Gasteiger partial charge < -0.3 is 14.8 Å². The number of hydrogen-bond donors (Lipinski definition) is 3. The zero-order chi connectivity index (χ0) is 21.0. The highest BCUT2D eigenvalue weighted by Crippen LogP contribution is 2.34. The number of carbonyl (C=O) groups excluding carboxylic acids is 1. The molecule has 0 unspecified atom stereocenters. The number of aromatic nitrogens is 3. The van der Waals surface area contributed by atoms with E-state index in [1.165, 1.54) is 17.3 Å². The molecule has 0 saturated heterocycles. The van der Waals surface area contributed by atoms with Gasteiger partial charge in [0.05, 0.1) is 24.2 Å². The maximum Gasteiger partial charge on any atom is 0.240 e. The number of aliphatic imine (C=N–C) groups is 1. The molecule has 11 heteroatoms. The Morgan fingerprint density at radius 3 is 3.10 bits per heavy atom. The summed E-state index contributed by atoms with van der Waals surface area (Å²) in [5.41, 5.74) is 6.51. The van der Waals surface area contributed by atoms with Crippen LogP contribution in [0, 0.1) is 0 Å². The number of thioether (sulfide) groups is 1. The molecule has 0 spiro atoms. The molecule has 156 valence electrons. The van der Waals surface area contributed by atoms with Crippen LogP contribution in [0.4, 0.5) is 11.6 Å². The number of hydrogen-bond acceptors (Lipinski definition) is 9. The normalized spacial score (nSPS) is 13.9. The highest BCUT2D eigenvalue weighted by molar-refractivity contribution is 7.99. The van der Waals surface area contributed by atoms with Gasteiger partial charge in [0.25, 0.3) is 0 Å². The molecule has 1 aromatic heterocycles. The minimum atomic E-state index is -0.181. The lowest BCUT2D eigenvalue weighted by Gasteiger charge is -2.05. The van der Waals surface area contributed by atoms with Gasteiger partial charge in [-0.1, -0.05) is 36.0 Å². The third-order valence-corrected chi connectivity index (χ3v) is 5.37. The summed E-state index contributed by atoms with van der Waals surface area (Å²) in [6.45, 7) is 0.851. The molecule has 0 saturated carbocycles. The molecule has 10 nitrogen and oxygen atoms in total. The Bertz CT molecular complexity index is 1190. The fraction of sp³-hybridized carbons (Fsp3) is 0.150. The highest BCUT2D eigenvalue weighted by atomic mass is 32.2. The van der Waals surface area contributed by atoms with Crippen molar-refractivity contribution in [1.29, 1.82) is 0 Å². The number of aromatic amines is 1. The number of anilines is 2. The number of ether oxygens (including phenoxy) is 2. The van der Waals surface area contributed by atoms with E-state index in [-0.39, 0.29) is 18.5 Å². The molecular weight excluding hydrogens is 418 g/mol. The summed E-state index contributed by atoms with van der Waals surface area (Å²) in [6.07, 6.45) is 1.65. The first-order valence-corrected chi connectivity index (χ1v) is 10.4. The van der Waals surface area contributed by atoms with Crippen molar-refractivity contribution in [2.75, 3.05) is 23.3 Å². The van der Waals surface area contributed by atoms with Gasteiger partial charge in [0.2, 0.25) is 23.8 Å². The molecule has 0 bridgehead atoms. The first kappa shape index (κ1) is 19.1. The van der Waals surface area contributed by atoms with Crippen molar-refractivity contribution in [3.8, 4) is 11.5 Å². The van der Waals surface area contributed by atoms with Crippen molar-refractivity contribution >= 4 is 41.2 Å². The first-order chi connectivity index (χ1) is 15.2. The number of H-pyrrole nitrogens is 1. The number of hydrazone groups is 1. The topological polar surface area (TPSA) is 126 Å². The molecule has 31 heavy (non-hydrogen) atoms. The van der Waals surface area contributed by atoms with Crippen LogP contribution in [-0.4, -0.2) is 45.6 Å². The van der Waals surface area contributed by atoms with Gasteiger partial charge >= 0.3 is 0 Å². The van der Waals surface area contributed by atoms with Crippen LogP contribution in [0.25, 0.3) is 0 Å². The average Bonchev–Trinajstić information content (AvgIpc) is 3.52. The number of nitrogens with zero attached hydrogens (tertiary/aromatic N) is 4. The number of carbonyl (C=O) groups is 1. The van der Waals surface area contributed by atoms with E-state index in [0.717, 1.165) is 11.3 Å². The molecule has 0 fully saturated rings. The van der Waals surface area contributed by atoms with Gasteiger partial charge in [-0.05, 0) is 17.7 Å². The standard InChI is InChI=1S/C20H17N7O3S/c28-18(23-13-5-6-16-17(7-13)30-11-29-16)10-31-20-24-19(26-27-20)25-22-9-15-14-4-2-1-3-12(14)8-21-15/h1-7,9H,8,10-11H2,(H,23,28)(H2,24,25,26,27)/b22-9+. The average molecular weight is 435 g/mol. The second-order valence-corrected chi connectivity index (χ2v) is 7.54. The Balaban J connectivity index is 1.11. The Morgan fingerprint density at radius 2 is 2.13 bits per heavy atom. The fourth-order valence-electron chi connectivity index (χ4n) is 3.09. The summed E-state index contributed by atoms with van der Waals surface area (Å²) in [5.74, 6) is 1.63. The van der Waals surface area contributed by atoms with Gasteiger partial charge in [0.15, 0.2) is 11.5 Å². The van der Waals surface area contributed by atoms with E-state index in [0.29, 0.717) is 34.8 Å². The summed E-state index contributed by atoms with van der Waals surface area (Å²) < 4.78 is 10.6. The summed E-state index contributed by atoms with van der Waals surface area (Å²) in [5, 5.41) is 14.2. The van der Waals surface area contributed by atoms with Crippen LogP contribution in [-0.2, 0) is 11.3 Å². The monoisotopic (exact) mass is 435 g/mol. The van der Waals surface area contributed by atoms with Crippen LogP contribution in [0.3, 0.4) is 0 Å². The Kier molecular flexibility index (Phi) is 5.23. The summed E-state index contributed by atoms with van der Waals surface area (Å²) in [7, 11) is 0. The van der Waals surface area contributed by atoms with Gasteiger partial charge in [0.1, 0.15) is 0 Å². The van der Waals surface area contributed by atoms with Crippen LogP contribution >= 0.6 is 11.8 Å². The number of benzene rings is 2. The minimum absolute atomic E-state index is 0.155. The van der Waals surface area contributed by atoms with Crippen LogP contribution in [0.2, 0.25) is 0 Å². The van der Waals surface area contributed by atoms with Gasteiger partial charge in [-0.25, -0.2) is 10.5 Å². The highest BCUT2D eigenvalue weighted by Gasteiger charge is 2.15. The van der Waals surface area contributed by atoms with E-state index >= 15 is 0 Å². The molecule has 0 radical (unpaired) electrons. The lowest BCUT2D eigenvalue weighted by atomic mass is 10.1. The molecular formula is C20H17N7O3S. The van der Waals surface area contributed by atoms with Crippen molar-refractivity contribution < 1.29 is 14.3 Å². The van der Waals surface area contributed by atoms with Gasteiger partial charge in [-0.3, -0.25) is 9.79 Å². The number of rotatable bonds is 7. The molecule has 2 aliphatic rings. The quantitative estimate of drug-likeness (QED) is 0.296. The molecule has 2 aromatic carbocycles. The van der Waals surface area contributed by atoms with E-state index in [2.05, 4.69) is 42.1 Å². The fourth-order valence-corrected chi connectivity index (χ4v) is 3.69. The zero-order valence-electron chi connectivity index (χ0n) is 16.2. The van der Waals surface area contributed by atoms with E-state index in [1.807, 2.05) is 18.2 Å². The lowest BCUT2D eigenvalue weighted by Crippen LogP contribution is -2.14. The smallest absolute Gasteiger partial charge is 0.240 e. The maximum absolute atomic E-state index is 12.2. The van der Waals surface area contributed by atoms with Crippen molar-refractivity contribution in [3.63, 3.8) is 0 Å². The molecule has 0 aliphatic carbocycles. The number of fused-ring (bicyclic) bond motifs is 2. The molecule has 3 N–H and O–H groups in total. The molecule has 1 amide bonds. The maximum atomic E-state index is 12.2. The molecule has 2 aliphatic heterocycles. The molecule has 3 aromatic rings. The third-order valence-electron chi connectivity index (χ3n) is 4.52. The minimum Gasteiger partial charge on any atom is -0.454 e. The number of amides is 1. The summed E-state index contributed by atoms with van der Waals surface area (Å²) in [6, 6.07) is 13.3. The lowest BCUT2D eigenvalue weighted by molar-refractivity contribution is -0.113. The Labute approximate surface area is 181 Å². The van der Waals surface area contributed by atoms with Crippen LogP contribution in [0.15, 0.2) is 57.7 Å². The van der Waals surface area contributed by atoms with Crippen LogP contribution in [0.1, 0.15) is 11.1 Å².